The molecule has 82 heavy (non-hydrogen) atoms. The Bertz CT molecular complexity index is 1550. The second kappa shape index (κ2) is 70.1. The number of carbonyl (C=O) groups excluding carboxylic acids is 3. The van der Waals surface area contributed by atoms with Crippen LogP contribution in [0.25, 0.3) is 0 Å². The van der Waals surface area contributed by atoms with E-state index >= 15 is 0 Å². The number of esters is 3. The average Bonchev–Trinajstić information content (AvgIpc) is 3.47. The van der Waals surface area contributed by atoms with Crippen LogP contribution in [0.2, 0.25) is 0 Å². The molecule has 0 rings (SSSR count). The topological polar surface area (TPSA) is 78.9 Å². The molecule has 0 aliphatic carbocycles. The van der Waals surface area contributed by atoms with Gasteiger partial charge in [0, 0.05) is 19.3 Å². The van der Waals surface area contributed by atoms with E-state index in [0.717, 1.165) is 96.3 Å². The van der Waals surface area contributed by atoms with E-state index in [1.807, 2.05) is 0 Å². The van der Waals surface area contributed by atoms with Crippen molar-refractivity contribution in [2.45, 2.75) is 367 Å². The largest absolute Gasteiger partial charge is 0.462 e. The standard InChI is InChI=1S/C76H134O6/c1-4-7-10-13-16-19-22-24-26-28-30-31-32-33-34-35-36-37-38-39-40-41-42-43-44-45-46-48-49-51-54-57-60-63-66-69-75(78)81-72-73(71-80-74(77)68-65-62-59-56-53-21-18-15-12-9-6-3)82-76(79)70-67-64-61-58-55-52-50-47-29-27-25-23-20-17-14-11-8-5-2/h7,10,15-16,18-19,24,26-27,29-31,33-34,73H,4-6,8-9,11-14,17,20-23,25,28,32,35-72H2,1-3H3/b10-7-,18-15-,19-16-,26-24-,29-27-,31-30-,34-33-. The molecule has 0 saturated carbocycles. The Morgan fingerprint density at radius 1 is 0.256 bits per heavy atom. The quantitative estimate of drug-likeness (QED) is 0.0261. The summed E-state index contributed by atoms with van der Waals surface area (Å²) < 4.78 is 16.9. The van der Waals surface area contributed by atoms with Crippen LogP contribution in [0.15, 0.2) is 85.1 Å². The monoisotopic (exact) mass is 1140 g/mol. The smallest absolute Gasteiger partial charge is 0.306 e. The molecule has 0 saturated heterocycles. The summed E-state index contributed by atoms with van der Waals surface area (Å²) in [6.45, 7) is 6.52. The van der Waals surface area contributed by atoms with E-state index in [9.17, 15) is 14.4 Å². The minimum absolute atomic E-state index is 0.0760. The molecule has 0 aromatic rings. The van der Waals surface area contributed by atoms with Gasteiger partial charge in [-0.1, -0.05) is 318 Å². The van der Waals surface area contributed by atoms with Gasteiger partial charge in [-0.2, -0.15) is 0 Å². The SMILES string of the molecule is CC/C=C\C/C=C\C/C=C\C/C=C\C/C=C\CCCCCCCCCCCCCCCCCCCCCC(=O)OCC(COC(=O)CCCCCCC/C=C\CCCC)OC(=O)CCCCCCCCC/C=C\CCCCCCCCC. The lowest BCUT2D eigenvalue weighted by Gasteiger charge is -2.18. The summed E-state index contributed by atoms with van der Waals surface area (Å²) in [6, 6.07) is 0. The van der Waals surface area contributed by atoms with E-state index in [-0.39, 0.29) is 31.1 Å². The second-order valence-corrected chi connectivity index (χ2v) is 23.8. The van der Waals surface area contributed by atoms with Crippen LogP contribution >= 0.6 is 0 Å². The Labute approximate surface area is 509 Å². The molecule has 1 atom stereocenters. The molecule has 0 N–H and O–H groups in total. The molecule has 1 unspecified atom stereocenters. The van der Waals surface area contributed by atoms with Gasteiger partial charge in [-0.15, -0.1) is 0 Å². The lowest BCUT2D eigenvalue weighted by atomic mass is 10.0. The van der Waals surface area contributed by atoms with E-state index < -0.39 is 6.10 Å². The van der Waals surface area contributed by atoms with Crippen molar-refractivity contribution in [3.8, 4) is 0 Å². The van der Waals surface area contributed by atoms with Gasteiger partial charge in [0.25, 0.3) is 0 Å². The van der Waals surface area contributed by atoms with Crippen molar-refractivity contribution < 1.29 is 28.6 Å². The van der Waals surface area contributed by atoms with E-state index in [4.69, 9.17) is 14.2 Å². The number of allylic oxidation sites excluding steroid dienone is 14. The molecule has 0 fully saturated rings. The summed E-state index contributed by atoms with van der Waals surface area (Å²) in [5.74, 6) is -0.872. The Balaban J connectivity index is 4.10. The summed E-state index contributed by atoms with van der Waals surface area (Å²) in [5, 5.41) is 0. The first kappa shape index (κ1) is 78.6. The highest BCUT2D eigenvalue weighted by molar-refractivity contribution is 5.71. The van der Waals surface area contributed by atoms with Crippen LogP contribution in [-0.2, 0) is 28.6 Å². The zero-order valence-corrected chi connectivity index (χ0v) is 54.5. The maximum Gasteiger partial charge on any atom is 0.306 e. The number of unbranched alkanes of at least 4 members (excludes halogenated alkanes) is 40. The molecule has 0 spiro atoms. The molecule has 0 bridgehead atoms. The Kier molecular flexibility index (Phi) is 67.2. The lowest BCUT2D eigenvalue weighted by Crippen LogP contribution is -2.30. The minimum atomic E-state index is -0.780. The summed E-state index contributed by atoms with van der Waals surface area (Å²) in [5.41, 5.74) is 0. The molecule has 6 nitrogen and oxygen atoms in total. The van der Waals surface area contributed by atoms with Gasteiger partial charge in [0.15, 0.2) is 6.10 Å². The van der Waals surface area contributed by atoms with Gasteiger partial charge >= 0.3 is 17.9 Å². The van der Waals surface area contributed by atoms with Crippen LogP contribution in [0.3, 0.4) is 0 Å². The first-order valence-corrected chi connectivity index (χ1v) is 35.6. The van der Waals surface area contributed by atoms with Crippen LogP contribution in [0.4, 0.5) is 0 Å². The highest BCUT2D eigenvalue weighted by Gasteiger charge is 2.19. The van der Waals surface area contributed by atoms with E-state index in [2.05, 4.69) is 106 Å². The predicted molar refractivity (Wildman–Crippen MR) is 358 cm³/mol. The maximum atomic E-state index is 12.9. The molecule has 0 aromatic heterocycles. The van der Waals surface area contributed by atoms with Crippen LogP contribution in [0.1, 0.15) is 361 Å². The normalized spacial score (nSPS) is 12.6. The fraction of sp³-hybridized carbons (Fsp3) is 0.776. The van der Waals surface area contributed by atoms with Crippen molar-refractivity contribution in [2.24, 2.45) is 0 Å². The maximum absolute atomic E-state index is 12.9. The van der Waals surface area contributed by atoms with Gasteiger partial charge in [0.2, 0.25) is 0 Å². The first-order valence-electron chi connectivity index (χ1n) is 35.6. The van der Waals surface area contributed by atoms with Crippen molar-refractivity contribution in [1.29, 1.82) is 0 Å². The van der Waals surface area contributed by atoms with Crippen molar-refractivity contribution in [1.82, 2.24) is 0 Å². The second-order valence-electron chi connectivity index (χ2n) is 23.8. The third-order valence-electron chi connectivity index (χ3n) is 15.6. The van der Waals surface area contributed by atoms with Gasteiger partial charge in [-0.25, -0.2) is 0 Å². The van der Waals surface area contributed by atoms with Gasteiger partial charge < -0.3 is 14.2 Å². The van der Waals surface area contributed by atoms with Crippen LogP contribution in [-0.4, -0.2) is 37.2 Å². The lowest BCUT2D eigenvalue weighted by molar-refractivity contribution is -0.167. The molecule has 0 aliphatic rings. The number of hydrogen-bond acceptors (Lipinski definition) is 6. The summed E-state index contributed by atoms with van der Waals surface area (Å²) in [6.07, 6.45) is 93.4. The first-order chi connectivity index (χ1) is 40.5. The highest BCUT2D eigenvalue weighted by atomic mass is 16.6. The minimum Gasteiger partial charge on any atom is -0.462 e. The van der Waals surface area contributed by atoms with Gasteiger partial charge in [0.1, 0.15) is 13.2 Å². The van der Waals surface area contributed by atoms with Crippen molar-refractivity contribution >= 4 is 17.9 Å². The highest BCUT2D eigenvalue weighted by Crippen LogP contribution is 2.18. The van der Waals surface area contributed by atoms with Crippen LogP contribution < -0.4 is 0 Å². The zero-order chi connectivity index (χ0) is 59.2. The molecular formula is C76H134O6. The predicted octanol–water partition coefficient (Wildman–Crippen LogP) is 24.6. The van der Waals surface area contributed by atoms with E-state index in [1.165, 1.54) is 225 Å². The summed E-state index contributed by atoms with van der Waals surface area (Å²) in [7, 11) is 0. The number of rotatable bonds is 65. The summed E-state index contributed by atoms with van der Waals surface area (Å²) >= 11 is 0. The van der Waals surface area contributed by atoms with Gasteiger partial charge in [-0.05, 0) is 109 Å². The van der Waals surface area contributed by atoms with Gasteiger partial charge in [0.05, 0.1) is 0 Å². The number of hydrogen-bond donors (Lipinski definition) is 0. The number of carbonyl (C=O) groups is 3. The molecule has 474 valence electrons. The van der Waals surface area contributed by atoms with Gasteiger partial charge in [-0.3, -0.25) is 14.4 Å². The molecule has 0 aromatic carbocycles. The zero-order valence-electron chi connectivity index (χ0n) is 54.5. The van der Waals surface area contributed by atoms with Crippen LogP contribution in [0.5, 0.6) is 0 Å². The van der Waals surface area contributed by atoms with E-state index in [1.54, 1.807) is 0 Å². The molecule has 0 heterocycles. The third-order valence-corrected chi connectivity index (χ3v) is 15.6. The number of ether oxygens (including phenoxy) is 3. The third kappa shape index (κ3) is 67.4. The molecule has 0 amide bonds. The Morgan fingerprint density at radius 2 is 0.488 bits per heavy atom. The van der Waals surface area contributed by atoms with E-state index in [0.29, 0.717) is 19.3 Å². The average molecular weight is 1140 g/mol. The van der Waals surface area contributed by atoms with Crippen molar-refractivity contribution in [3.05, 3.63) is 85.1 Å². The van der Waals surface area contributed by atoms with Crippen molar-refractivity contribution in [2.75, 3.05) is 13.2 Å². The van der Waals surface area contributed by atoms with Crippen molar-refractivity contribution in [3.63, 3.8) is 0 Å². The molecule has 0 aliphatic heterocycles. The fourth-order valence-electron chi connectivity index (χ4n) is 10.3. The molecular weight excluding hydrogens is 1010 g/mol. The fourth-order valence-corrected chi connectivity index (χ4v) is 10.3. The molecule has 0 radical (unpaired) electrons. The Hall–Kier alpha value is -3.41. The molecule has 6 heteroatoms. The van der Waals surface area contributed by atoms with Crippen LogP contribution in [0, 0.1) is 0 Å². The summed E-state index contributed by atoms with van der Waals surface area (Å²) in [4.78, 5) is 38.3. The Morgan fingerprint density at radius 3 is 0.793 bits per heavy atom.